The van der Waals surface area contributed by atoms with E-state index in [1.54, 1.807) is 6.07 Å². The molecule has 0 atom stereocenters. The number of benzene rings is 1. The van der Waals surface area contributed by atoms with Crippen LogP contribution in [0, 0.1) is 18.3 Å². The molecule has 3 heteroatoms. The van der Waals surface area contributed by atoms with Crippen LogP contribution in [0.2, 0.25) is 5.02 Å². The molecule has 1 nitrogen and oxygen atoms in total. The maximum atomic E-state index is 8.74. The van der Waals surface area contributed by atoms with Crippen LogP contribution in [-0.2, 0) is 5.33 Å². The summed E-state index contributed by atoms with van der Waals surface area (Å²) < 4.78 is 0. The van der Waals surface area contributed by atoms with Crippen LogP contribution in [0.15, 0.2) is 12.1 Å². The molecular weight excluding hydrogens is 237 g/mol. The molecule has 1 aromatic carbocycles. The SMILES string of the molecule is Cc1cc(CBr)c(C#N)cc1Cl. The normalized spacial score (nSPS) is 9.50. The van der Waals surface area contributed by atoms with Gasteiger partial charge < -0.3 is 0 Å². The van der Waals surface area contributed by atoms with Crippen LogP contribution < -0.4 is 0 Å². The first-order valence-corrected chi connectivity index (χ1v) is 4.94. The third kappa shape index (κ3) is 1.80. The minimum Gasteiger partial charge on any atom is -0.192 e. The number of aryl methyl sites for hydroxylation is 1. The molecule has 0 aliphatic carbocycles. The van der Waals surface area contributed by atoms with Crippen molar-refractivity contribution in [2.24, 2.45) is 0 Å². The highest BCUT2D eigenvalue weighted by molar-refractivity contribution is 9.08. The molecule has 0 spiro atoms. The van der Waals surface area contributed by atoms with E-state index in [4.69, 9.17) is 16.9 Å². The van der Waals surface area contributed by atoms with Gasteiger partial charge in [0.15, 0.2) is 0 Å². The Morgan fingerprint density at radius 3 is 2.75 bits per heavy atom. The molecule has 0 N–H and O–H groups in total. The van der Waals surface area contributed by atoms with Crippen molar-refractivity contribution in [2.75, 3.05) is 0 Å². The Kier molecular flexibility index (Phi) is 3.13. The Bertz CT molecular complexity index is 341. The summed E-state index contributed by atoms with van der Waals surface area (Å²) in [4.78, 5) is 0. The summed E-state index contributed by atoms with van der Waals surface area (Å²) in [5.74, 6) is 0. The largest absolute Gasteiger partial charge is 0.192 e. The predicted octanol–water partition coefficient (Wildman–Crippen LogP) is 3.42. The standard InChI is InChI=1S/C9H7BrClN/c1-6-2-7(4-10)8(5-12)3-9(6)11/h2-3H,4H2,1H3. The van der Waals surface area contributed by atoms with E-state index in [1.807, 2.05) is 13.0 Å². The summed E-state index contributed by atoms with van der Waals surface area (Å²) >= 11 is 9.17. The zero-order valence-corrected chi connectivity index (χ0v) is 8.91. The Morgan fingerprint density at radius 1 is 1.58 bits per heavy atom. The van der Waals surface area contributed by atoms with Crippen LogP contribution in [0.25, 0.3) is 0 Å². The van der Waals surface area contributed by atoms with Gasteiger partial charge in [-0.05, 0) is 24.1 Å². The first kappa shape index (κ1) is 9.57. The highest BCUT2D eigenvalue weighted by atomic mass is 79.9. The van der Waals surface area contributed by atoms with Gasteiger partial charge in [-0.2, -0.15) is 5.26 Å². The monoisotopic (exact) mass is 243 g/mol. The van der Waals surface area contributed by atoms with Gasteiger partial charge in [-0.3, -0.25) is 0 Å². The third-order valence-electron chi connectivity index (χ3n) is 1.65. The van der Waals surface area contributed by atoms with Gasteiger partial charge in [-0.1, -0.05) is 33.6 Å². The summed E-state index contributed by atoms with van der Waals surface area (Å²) in [7, 11) is 0. The second-order valence-corrected chi connectivity index (χ2v) is 3.47. The second kappa shape index (κ2) is 3.93. The van der Waals surface area contributed by atoms with Gasteiger partial charge in [0.25, 0.3) is 0 Å². The van der Waals surface area contributed by atoms with Gasteiger partial charge >= 0.3 is 0 Å². The van der Waals surface area contributed by atoms with Crippen molar-refractivity contribution < 1.29 is 0 Å². The molecule has 12 heavy (non-hydrogen) atoms. The fraction of sp³-hybridized carbons (Fsp3) is 0.222. The highest BCUT2D eigenvalue weighted by Crippen LogP contribution is 2.21. The van der Waals surface area contributed by atoms with Crippen molar-refractivity contribution >= 4 is 27.5 Å². The fourth-order valence-corrected chi connectivity index (χ4v) is 1.58. The Morgan fingerprint density at radius 2 is 2.25 bits per heavy atom. The van der Waals surface area contributed by atoms with Gasteiger partial charge in [0, 0.05) is 10.4 Å². The smallest absolute Gasteiger partial charge is 0.0995 e. The van der Waals surface area contributed by atoms with Crippen LogP contribution in [0.5, 0.6) is 0 Å². The number of hydrogen-bond acceptors (Lipinski definition) is 1. The van der Waals surface area contributed by atoms with E-state index < -0.39 is 0 Å². The van der Waals surface area contributed by atoms with Crippen molar-refractivity contribution in [1.29, 1.82) is 5.26 Å². The van der Waals surface area contributed by atoms with Crippen molar-refractivity contribution in [3.05, 3.63) is 33.8 Å². The van der Waals surface area contributed by atoms with Crippen LogP contribution in [-0.4, -0.2) is 0 Å². The molecule has 62 valence electrons. The molecule has 1 rings (SSSR count). The van der Waals surface area contributed by atoms with Crippen molar-refractivity contribution in [1.82, 2.24) is 0 Å². The minimum atomic E-state index is 0.641. The summed E-state index contributed by atoms with van der Waals surface area (Å²) in [6, 6.07) is 5.73. The van der Waals surface area contributed by atoms with Crippen LogP contribution in [0.4, 0.5) is 0 Å². The zero-order chi connectivity index (χ0) is 9.14. The first-order valence-electron chi connectivity index (χ1n) is 3.44. The van der Waals surface area contributed by atoms with Crippen molar-refractivity contribution in [2.45, 2.75) is 12.3 Å². The lowest BCUT2D eigenvalue weighted by Gasteiger charge is -2.02. The van der Waals surface area contributed by atoms with E-state index in [0.717, 1.165) is 11.1 Å². The second-order valence-electron chi connectivity index (χ2n) is 2.50. The molecule has 0 fully saturated rings. The number of halogens is 2. The summed E-state index contributed by atoms with van der Waals surface area (Å²) in [6.07, 6.45) is 0. The summed E-state index contributed by atoms with van der Waals surface area (Å²) in [5.41, 5.74) is 2.63. The van der Waals surface area contributed by atoms with E-state index in [2.05, 4.69) is 22.0 Å². The van der Waals surface area contributed by atoms with E-state index >= 15 is 0 Å². The zero-order valence-electron chi connectivity index (χ0n) is 6.56. The van der Waals surface area contributed by atoms with Crippen LogP contribution in [0.1, 0.15) is 16.7 Å². The molecule has 0 aliphatic rings. The van der Waals surface area contributed by atoms with Crippen molar-refractivity contribution in [3.8, 4) is 6.07 Å². The average molecular weight is 245 g/mol. The fourth-order valence-electron chi connectivity index (χ4n) is 0.956. The average Bonchev–Trinajstić information content (AvgIpc) is 2.09. The molecule has 0 radical (unpaired) electrons. The molecular formula is C9H7BrClN. The quantitative estimate of drug-likeness (QED) is 0.695. The topological polar surface area (TPSA) is 23.8 Å². The lowest BCUT2D eigenvalue weighted by molar-refractivity contribution is 1.33. The molecule has 0 unspecified atom stereocenters. The third-order valence-corrected chi connectivity index (χ3v) is 2.66. The van der Waals surface area contributed by atoms with Crippen LogP contribution in [0.3, 0.4) is 0 Å². The number of nitriles is 1. The molecule has 0 aliphatic heterocycles. The summed E-state index contributed by atoms with van der Waals surface area (Å²) in [6.45, 7) is 1.93. The predicted molar refractivity (Wildman–Crippen MR) is 53.5 cm³/mol. The van der Waals surface area contributed by atoms with Gasteiger partial charge in [0.1, 0.15) is 0 Å². The molecule has 0 heterocycles. The lowest BCUT2D eigenvalue weighted by Crippen LogP contribution is -1.88. The van der Waals surface area contributed by atoms with E-state index in [-0.39, 0.29) is 0 Å². The lowest BCUT2D eigenvalue weighted by atomic mass is 10.1. The Hall–Kier alpha value is -0.520. The van der Waals surface area contributed by atoms with Gasteiger partial charge in [-0.15, -0.1) is 0 Å². The van der Waals surface area contributed by atoms with Gasteiger partial charge in [0.05, 0.1) is 11.6 Å². The number of rotatable bonds is 1. The van der Waals surface area contributed by atoms with E-state index in [1.165, 1.54) is 0 Å². The molecule has 0 aromatic heterocycles. The number of nitrogens with zero attached hydrogens (tertiary/aromatic N) is 1. The number of alkyl halides is 1. The van der Waals surface area contributed by atoms with E-state index in [9.17, 15) is 0 Å². The maximum Gasteiger partial charge on any atom is 0.0995 e. The van der Waals surface area contributed by atoms with Gasteiger partial charge in [-0.25, -0.2) is 0 Å². The maximum absolute atomic E-state index is 8.74. The minimum absolute atomic E-state index is 0.641. The Balaban J connectivity index is 3.31. The molecule has 0 amide bonds. The van der Waals surface area contributed by atoms with Crippen molar-refractivity contribution in [3.63, 3.8) is 0 Å². The Labute approximate surface area is 85.1 Å². The van der Waals surface area contributed by atoms with E-state index in [0.29, 0.717) is 15.9 Å². The molecule has 0 saturated heterocycles. The molecule has 0 saturated carbocycles. The molecule has 0 bridgehead atoms. The van der Waals surface area contributed by atoms with Gasteiger partial charge in [0.2, 0.25) is 0 Å². The molecule has 1 aromatic rings. The highest BCUT2D eigenvalue weighted by Gasteiger charge is 2.03. The summed E-state index contributed by atoms with van der Waals surface area (Å²) in [5, 5.41) is 10.1. The van der Waals surface area contributed by atoms with Crippen LogP contribution >= 0.6 is 27.5 Å². The number of hydrogen-bond donors (Lipinski definition) is 0. The first-order chi connectivity index (χ1) is 5.69.